The van der Waals surface area contributed by atoms with Gasteiger partial charge in [-0.1, -0.05) is 35.9 Å². The quantitative estimate of drug-likeness (QED) is 0.446. The molecule has 8 nitrogen and oxygen atoms in total. The number of nitriles is 1. The minimum absolute atomic E-state index is 0.385. The number of likely N-dealkylation sites (tertiary alicyclic amines) is 2. The van der Waals surface area contributed by atoms with Gasteiger partial charge >= 0.3 is 6.01 Å². The van der Waals surface area contributed by atoms with E-state index in [4.69, 9.17) is 31.6 Å². The molecule has 3 aliphatic rings. The number of halogens is 1. The number of nitrogens with zero attached hydrogens (tertiary/aromatic N) is 7. The van der Waals surface area contributed by atoms with Gasteiger partial charge in [0.1, 0.15) is 5.82 Å². The molecule has 0 amide bonds. The van der Waals surface area contributed by atoms with Gasteiger partial charge in [0.15, 0.2) is 6.19 Å². The molecule has 3 aromatic rings. The fourth-order valence-electron chi connectivity index (χ4n) is 5.66. The van der Waals surface area contributed by atoms with Crippen molar-refractivity contribution in [1.29, 1.82) is 5.26 Å². The zero-order chi connectivity index (χ0) is 26.6. The van der Waals surface area contributed by atoms with E-state index in [1.807, 2.05) is 12.1 Å². The molecule has 0 atom stereocenters. The Balaban J connectivity index is 0.000000433. The molecule has 0 N–H and O–H groups in total. The molecular weight excluding hydrogens is 498 g/mol. The van der Waals surface area contributed by atoms with Gasteiger partial charge in [-0.05, 0) is 56.9 Å². The van der Waals surface area contributed by atoms with Gasteiger partial charge in [-0.25, -0.2) is 0 Å². The first-order valence-corrected chi connectivity index (χ1v) is 13.7. The molecule has 4 heterocycles. The van der Waals surface area contributed by atoms with Crippen molar-refractivity contribution >= 4 is 33.9 Å². The number of ether oxygens (including phenoxy) is 1. The number of hydrogen-bond acceptors (Lipinski definition) is 8. The molecule has 38 heavy (non-hydrogen) atoms. The maximum Gasteiger partial charge on any atom is 0.318 e. The lowest BCUT2D eigenvalue weighted by atomic mass is 9.99. The second-order valence-corrected chi connectivity index (χ2v) is 10.9. The van der Waals surface area contributed by atoms with Crippen molar-refractivity contribution < 1.29 is 4.74 Å². The summed E-state index contributed by atoms with van der Waals surface area (Å²) in [6, 6.07) is 12.7. The molecule has 0 saturated carbocycles. The average Bonchev–Trinajstić information content (AvgIpc) is 3.40. The van der Waals surface area contributed by atoms with Crippen LogP contribution in [0.4, 0.5) is 11.5 Å². The Bertz CT molecular complexity index is 1310. The summed E-state index contributed by atoms with van der Waals surface area (Å²) in [6.45, 7) is 6.64. The lowest BCUT2D eigenvalue weighted by molar-refractivity contribution is 0.176. The molecule has 200 valence electrons. The normalized spacial score (nSPS) is 17.3. The molecule has 0 bridgehead atoms. The molecule has 6 rings (SSSR count). The first-order valence-electron chi connectivity index (χ1n) is 13.4. The van der Waals surface area contributed by atoms with Crippen LogP contribution in [0.2, 0.25) is 5.02 Å². The van der Waals surface area contributed by atoms with Gasteiger partial charge in [0.25, 0.3) is 0 Å². The summed E-state index contributed by atoms with van der Waals surface area (Å²) < 4.78 is 5.44. The van der Waals surface area contributed by atoms with Crippen molar-refractivity contribution in [2.45, 2.75) is 25.8 Å². The van der Waals surface area contributed by atoms with E-state index in [0.29, 0.717) is 18.5 Å². The van der Waals surface area contributed by atoms with Crippen molar-refractivity contribution in [3.05, 3.63) is 52.7 Å². The van der Waals surface area contributed by atoms with E-state index in [9.17, 15) is 0 Å². The molecule has 9 heteroatoms. The molecule has 0 radical (unpaired) electrons. The predicted molar refractivity (Wildman–Crippen MR) is 153 cm³/mol. The van der Waals surface area contributed by atoms with E-state index >= 15 is 0 Å². The summed E-state index contributed by atoms with van der Waals surface area (Å²) in [5.41, 5.74) is 3.28. The Morgan fingerprint density at radius 1 is 1.11 bits per heavy atom. The largest absolute Gasteiger partial charge is 0.467 e. The SMILES string of the molecule is CN1CCCC1.COc1nc2c(c(N(C)CC3CN(C#N)C3)n1)CCN(c1cccc3cccc(Cl)c13)C2. The molecule has 1 aromatic heterocycles. The predicted octanol–water partition coefficient (Wildman–Crippen LogP) is 4.42. The highest BCUT2D eigenvalue weighted by molar-refractivity contribution is 6.36. The Hall–Kier alpha value is -3.28. The van der Waals surface area contributed by atoms with Gasteiger partial charge in [0.05, 0.1) is 24.4 Å². The number of benzene rings is 2. The van der Waals surface area contributed by atoms with E-state index in [2.05, 4.69) is 59.3 Å². The second kappa shape index (κ2) is 11.6. The van der Waals surface area contributed by atoms with Crippen LogP contribution in [0, 0.1) is 17.4 Å². The maximum absolute atomic E-state index is 9.00. The van der Waals surface area contributed by atoms with Crippen molar-refractivity contribution in [3.8, 4) is 12.2 Å². The minimum Gasteiger partial charge on any atom is -0.467 e. The summed E-state index contributed by atoms with van der Waals surface area (Å²) in [7, 11) is 5.84. The highest BCUT2D eigenvalue weighted by atomic mass is 35.5. The third kappa shape index (κ3) is 5.59. The van der Waals surface area contributed by atoms with Crippen molar-refractivity contribution in [2.24, 2.45) is 5.92 Å². The lowest BCUT2D eigenvalue weighted by Crippen LogP contribution is -2.48. The van der Waals surface area contributed by atoms with Crippen LogP contribution in [0.15, 0.2) is 36.4 Å². The van der Waals surface area contributed by atoms with E-state index in [1.54, 1.807) is 12.0 Å². The zero-order valence-corrected chi connectivity index (χ0v) is 23.3. The van der Waals surface area contributed by atoms with E-state index in [0.717, 1.165) is 65.6 Å². The lowest BCUT2D eigenvalue weighted by Gasteiger charge is -2.38. The van der Waals surface area contributed by atoms with Gasteiger partial charge in [-0.3, -0.25) is 0 Å². The van der Waals surface area contributed by atoms with Gasteiger partial charge < -0.3 is 24.3 Å². The van der Waals surface area contributed by atoms with Crippen molar-refractivity contribution in [1.82, 2.24) is 19.8 Å². The minimum atomic E-state index is 0.385. The van der Waals surface area contributed by atoms with Gasteiger partial charge in [-0.2, -0.15) is 15.2 Å². The number of hydrogen-bond donors (Lipinski definition) is 0. The number of fused-ring (bicyclic) bond motifs is 2. The van der Waals surface area contributed by atoms with Gasteiger partial charge in [-0.15, -0.1) is 0 Å². The molecule has 2 aromatic carbocycles. The van der Waals surface area contributed by atoms with Crippen LogP contribution in [0.5, 0.6) is 6.01 Å². The van der Waals surface area contributed by atoms with Crippen LogP contribution in [0.3, 0.4) is 0 Å². The van der Waals surface area contributed by atoms with Crippen LogP contribution < -0.4 is 14.5 Å². The highest BCUT2D eigenvalue weighted by Gasteiger charge is 2.30. The van der Waals surface area contributed by atoms with Crippen molar-refractivity contribution in [2.75, 3.05) is 70.3 Å². The van der Waals surface area contributed by atoms with Crippen LogP contribution in [-0.4, -0.2) is 80.2 Å². The summed E-state index contributed by atoms with van der Waals surface area (Å²) in [5.74, 6) is 1.40. The Morgan fingerprint density at radius 3 is 2.50 bits per heavy atom. The smallest absolute Gasteiger partial charge is 0.318 e. The fraction of sp³-hybridized carbons (Fsp3) is 0.483. The topological polar surface area (TPSA) is 71.8 Å². The molecular formula is C29H36ClN7O. The molecule has 3 aliphatic heterocycles. The van der Waals surface area contributed by atoms with Crippen LogP contribution in [0.1, 0.15) is 24.1 Å². The van der Waals surface area contributed by atoms with E-state index in [1.165, 1.54) is 31.5 Å². The van der Waals surface area contributed by atoms with Crippen LogP contribution in [-0.2, 0) is 13.0 Å². The zero-order valence-electron chi connectivity index (χ0n) is 22.5. The van der Waals surface area contributed by atoms with Crippen LogP contribution >= 0.6 is 11.6 Å². The van der Waals surface area contributed by atoms with Crippen molar-refractivity contribution in [3.63, 3.8) is 0 Å². The first-order chi connectivity index (χ1) is 18.5. The summed E-state index contributed by atoms with van der Waals surface area (Å²) in [6.07, 6.45) is 5.87. The molecule has 0 unspecified atom stereocenters. The number of aromatic nitrogens is 2. The third-order valence-electron chi connectivity index (χ3n) is 7.70. The van der Waals surface area contributed by atoms with Gasteiger partial charge in [0, 0.05) is 55.8 Å². The fourth-order valence-corrected chi connectivity index (χ4v) is 5.94. The van der Waals surface area contributed by atoms with E-state index < -0.39 is 0 Å². The highest BCUT2D eigenvalue weighted by Crippen LogP contribution is 2.36. The Morgan fingerprint density at radius 2 is 1.84 bits per heavy atom. The summed E-state index contributed by atoms with van der Waals surface area (Å²) >= 11 is 6.58. The number of rotatable bonds is 5. The second-order valence-electron chi connectivity index (χ2n) is 10.5. The number of methoxy groups -OCH3 is 1. The van der Waals surface area contributed by atoms with Gasteiger partial charge in [0.2, 0.25) is 0 Å². The number of anilines is 2. The molecule has 0 spiro atoms. The molecule has 0 aliphatic carbocycles. The summed E-state index contributed by atoms with van der Waals surface area (Å²) in [5, 5.41) is 12.0. The van der Waals surface area contributed by atoms with E-state index in [-0.39, 0.29) is 0 Å². The third-order valence-corrected chi connectivity index (χ3v) is 8.01. The summed E-state index contributed by atoms with van der Waals surface area (Å²) in [4.78, 5) is 18.1. The standard InChI is InChI=1S/C24H25ClN6O.C5H11N/c1-29(11-16-12-30(13-16)15-26)23-18-9-10-31(14-20(18)27-24(28-23)32-2)21-8-4-6-17-5-3-7-19(25)22(17)21;1-6-4-2-3-5-6/h3-8,16H,9-14H2,1-2H3;2-5H2,1H3. The van der Waals surface area contributed by atoms with Crippen LogP contribution in [0.25, 0.3) is 10.8 Å². The average molecular weight is 534 g/mol. The maximum atomic E-state index is 9.00. The molecule has 2 saturated heterocycles. The Kier molecular flexibility index (Phi) is 8.06. The Labute approximate surface area is 230 Å². The first kappa shape index (κ1) is 26.3. The molecule has 2 fully saturated rings. The monoisotopic (exact) mass is 533 g/mol.